The van der Waals surface area contributed by atoms with Crippen LogP contribution in [0.15, 0.2) is 55.0 Å². The number of halogens is 2. The summed E-state index contributed by atoms with van der Waals surface area (Å²) >= 11 is 0. The van der Waals surface area contributed by atoms with E-state index in [1.807, 2.05) is 0 Å². The molecule has 2 N–H and O–H groups in total. The Bertz CT molecular complexity index is 864. The van der Waals surface area contributed by atoms with Crippen molar-refractivity contribution < 1.29 is 18.7 Å². The molecule has 8 heteroatoms. The molecule has 0 spiro atoms. The Hall–Kier alpha value is -3.13. The zero-order chi connectivity index (χ0) is 17.8. The molecule has 0 saturated heterocycles. The summed E-state index contributed by atoms with van der Waals surface area (Å²) in [6.45, 7) is -0.357. The third-order valence-electron chi connectivity index (χ3n) is 3.53. The van der Waals surface area contributed by atoms with Crippen molar-refractivity contribution in [2.24, 2.45) is 0 Å². The number of amides is 1. The molecule has 0 aliphatic heterocycles. The number of rotatable bonds is 5. The molecule has 3 aromatic rings. The first-order chi connectivity index (χ1) is 12.1. The number of pyridine rings is 1. The molecule has 1 aromatic carbocycles. The molecule has 2 heterocycles. The van der Waals surface area contributed by atoms with E-state index in [0.29, 0.717) is 5.69 Å². The van der Waals surface area contributed by atoms with Gasteiger partial charge in [-0.25, -0.2) is 13.5 Å². The lowest BCUT2D eigenvalue weighted by atomic mass is 10.1. The Morgan fingerprint density at radius 3 is 2.64 bits per heavy atom. The van der Waals surface area contributed by atoms with Crippen molar-refractivity contribution in [1.29, 1.82) is 0 Å². The van der Waals surface area contributed by atoms with Gasteiger partial charge in [0.1, 0.15) is 23.4 Å². The molecule has 2 aromatic heterocycles. The number of carbonyl (C=O) groups excluding carboxylic acids is 1. The molecule has 128 valence electrons. The van der Waals surface area contributed by atoms with Crippen LogP contribution >= 0.6 is 0 Å². The number of aliphatic hydroxyl groups excluding tert-OH is 1. The molecular weight excluding hydrogens is 330 g/mol. The van der Waals surface area contributed by atoms with Crippen LogP contribution in [0.2, 0.25) is 0 Å². The van der Waals surface area contributed by atoms with E-state index in [9.17, 15) is 18.7 Å². The van der Waals surface area contributed by atoms with Gasteiger partial charge in [0.05, 0.1) is 11.3 Å². The number of hydrogen-bond donors (Lipinski definition) is 2. The summed E-state index contributed by atoms with van der Waals surface area (Å²) in [6.07, 6.45) is 3.24. The molecule has 6 nitrogen and oxygen atoms in total. The summed E-state index contributed by atoms with van der Waals surface area (Å²) in [5.74, 6) is -2.33. The zero-order valence-corrected chi connectivity index (χ0v) is 12.9. The summed E-state index contributed by atoms with van der Waals surface area (Å²) in [6, 6.07) is 8.20. The standard InChI is InChI=1S/C17H14F2N4O2/c18-12-3-1-4-13(19)16(12)15(24)10-21-17(25)14-9-11(5-7-20-14)23-8-2-6-22-23/h1-9,15,24H,10H2,(H,21,25). The van der Waals surface area contributed by atoms with E-state index in [0.717, 1.165) is 12.1 Å². The molecule has 0 aliphatic rings. The van der Waals surface area contributed by atoms with Gasteiger partial charge >= 0.3 is 0 Å². The van der Waals surface area contributed by atoms with Crippen molar-refractivity contribution in [2.75, 3.05) is 6.54 Å². The van der Waals surface area contributed by atoms with Crippen molar-refractivity contribution >= 4 is 5.91 Å². The number of benzene rings is 1. The van der Waals surface area contributed by atoms with Gasteiger partial charge in [0.2, 0.25) is 0 Å². The predicted octanol–water partition coefficient (Wildman–Crippen LogP) is 2.01. The monoisotopic (exact) mass is 344 g/mol. The summed E-state index contributed by atoms with van der Waals surface area (Å²) in [5, 5.41) is 16.4. The van der Waals surface area contributed by atoms with Crippen LogP contribution in [0.3, 0.4) is 0 Å². The maximum Gasteiger partial charge on any atom is 0.270 e. The highest BCUT2D eigenvalue weighted by atomic mass is 19.1. The second-order valence-electron chi connectivity index (χ2n) is 5.21. The van der Waals surface area contributed by atoms with Crippen LogP contribution in [0.5, 0.6) is 0 Å². The number of nitrogens with zero attached hydrogens (tertiary/aromatic N) is 3. The third-order valence-corrected chi connectivity index (χ3v) is 3.53. The lowest BCUT2D eigenvalue weighted by molar-refractivity contribution is 0.0906. The maximum absolute atomic E-state index is 13.6. The van der Waals surface area contributed by atoms with E-state index < -0.39 is 29.2 Å². The summed E-state index contributed by atoms with van der Waals surface area (Å²) < 4.78 is 28.8. The van der Waals surface area contributed by atoms with Crippen LogP contribution in [-0.4, -0.2) is 32.3 Å². The van der Waals surface area contributed by atoms with Crippen LogP contribution in [0.25, 0.3) is 5.69 Å². The smallest absolute Gasteiger partial charge is 0.270 e. The molecule has 25 heavy (non-hydrogen) atoms. The Kier molecular flexibility index (Phi) is 4.80. The molecule has 0 saturated carbocycles. The van der Waals surface area contributed by atoms with E-state index in [4.69, 9.17) is 0 Å². The molecule has 0 radical (unpaired) electrons. The molecule has 3 rings (SSSR count). The Morgan fingerprint density at radius 2 is 1.96 bits per heavy atom. The van der Waals surface area contributed by atoms with Crippen molar-refractivity contribution in [1.82, 2.24) is 20.1 Å². The van der Waals surface area contributed by atoms with Crippen molar-refractivity contribution in [3.63, 3.8) is 0 Å². The van der Waals surface area contributed by atoms with Gasteiger partial charge in [-0.2, -0.15) is 5.10 Å². The van der Waals surface area contributed by atoms with Gasteiger partial charge in [0.15, 0.2) is 0 Å². The number of hydrogen-bond acceptors (Lipinski definition) is 4. The topological polar surface area (TPSA) is 80.0 Å². The van der Waals surface area contributed by atoms with E-state index >= 15 is 0 Å². The van der Waals surface area contributed by atoms with Gasteiger partial charge in [-0.3, -0.25) is 9.78 Å². The fourth-order valence-corrected chi connectivity index (χ4v) is 2.32. The van der Waals surface area contributed by atoms with Crippen molar-refractivity contribution in [2.45, 2.75) is 6.10 Å². The molecule has 0 aliphatic carbocycles. The fourth-order valence-electron chi connectivity index (χ4n) is 2.32. The number of carbonyl (C=O) groups is 1. The molecule has 0 fully saturated rings. The molecule has 0 bridgehead atoms. The minimum Gasteiger partial charge on any atom is -0.386 e. The first-order valence-electron chi connectivity index (χ1n) is 7.42. The lowest BCUT2D eigenvalue weighted by Gasteiger charge is -2.14. The van der Waals surface area contributed by atoms with E-state index in [-0.39, 0.29) is 12.2 Å². The highest BCUT2D eigenvalue weighted by Crippen LogP contribution is 2.20. The van der Waals surface area contributed by atoms with Gasteiger partial charge < -0.3 is 10.4 Å². The average Bonchev–Trinajstić information content (AvgIpc) is 3.14. The largest absolute Gasteiger partial charge is 0.386 e. The highest BCUT2D eigenvalue weighted by Gasteiger charge is 2.19. The Labute approximate surface area is 141 Å². The zero-order valence-electron chi connectivity index (χ0n) is 12.9. The van der Waals surface area contributed by atoms with Gasteiger partial charge in [-0.1, -0.05) is 6.07 Å². The minimum atomic E-state index is -1.51. The SMILES string of the molecule is O=C(NCC(O)c1c(F)cccc1F)c1cc(-n2cccn2)ccn1. The second-order valence-corrected chi connectivity index (χ2v) is 5.21. The second kappa shape index (κ2) is 7.18. The lowest BCUT2D eigenvalue weighted by Crippen LogP contribution is -2.29. The summed E-state index contributed by atoms with van der Waals surface area (Å²) in [4.78, 5) is 16.1. The Morgan fingerprint density at radius 1 is 1.20 bits per heavy atom. The van der Waals surface area contributed by atoms with E-state index in [1.54, 1.807) is 29.2 Å². The van der Waals surface area contributed by atoms with Crippen LogP contribution in [0.1, 0.15) is 22.2 Å². The van der Waals surface area contributed by atoms with Gasteiger partial charge in [-0.15, -0.1) is 0 Å². The van der Waals surface area contributed by atoms with Crippen molar-refractivity contribution in [3.05, 3.63) is 77.9 Å². The number of aromatic nitrogens is 3. The maximum atomic E-state index is 13.6. The van der Waals surface area contributed by atoms with Gasteiger partial charge in [-0.05, 0) is 30.3 Å². The van der Waals surface area contributed by atoms with Gasteiger partial charge in [0, 0.05) is 25.1 Å². The molecular formula is C17H14F2N4O2. The molecule has 1 atom stereocenters. The van der Waals surface area contributed by atoms with Crippen LogP contribution < -0.4 is 5.32 Å². The predicted molar refractivity (Wildman–Crippen MR) is 85.0 cm³/mol. The normalized spacial score (nSPS) is 12.0. The first-order valence-corrected chi connectivity index (χ1v) is 7.42. The van der Waals surface area contributed by atoms with Crippen LogP contribution in [0.4, 0.5) is 8.78 Å². The third kappa shape index (κ3) is 3.69. The van der Waals surface area contributed by atoms with Crippen LogP contribution in [0, 0.1) is 11.6 Å². The van der Waals surface area contributed by atoms with Crippen LogP contribution in [-0.2, 0) is 0 Å². The highest BCUT2D eigenvalue weighted by molar-refractivity contribution is 5.92. The van der Waals surface area contributed by atoms with Gasteiger partial charge in [0.25, 0.3) is 5.91 Å². The quantitative estimate of drug-likeness (QED) is 0.742. The Balaban J connectivity index is 1.70. The summed E-state index contributed by atoms with van der Waals surface area (Å²) in [5.41, 5.74) is 0.237. The van der Waals surface area contributed by atoms with Crippen molar-refractivity contribution in [3.8, 4) is 5.69 Å². The van der Waals surface area contributed by atoms with E-state index in [2.05, 4.69) is 15.4 Å². The number of nitrogens with one attached hydrogen (secondary N) is 1. The fraction of sp³-hybridized carbons (Fsp3) is 0.118. The van der Waals surface area contributed by atoms with E-state index in [1.165, 1.54) is 18.3 Å². The minimum absolute atomic E-state index is 0.0919. The average molecular weight is 344 g/mol. The molecule has 1 amide bonds. The summed E-state index contributed by atoms with van der Waals surface area (Å²) in [7, 11) is 0. The molecule has 1 unspecified atom stereocenters. The number of aliphatic hydroxyl groups is 1. The first kappa shape index (κ1) is 16.7.